The highest BCUT2D eigenvalue weighted by Gasteiger charge is 2.54. The lowest BCUT2D eigenvalue weighted by Gasteiger charge is -2.48. The van der Waals surface area contributed by atoms with Gasteiger partial charge in [0.05, 0.1) is 47.6 Å². The second-order valence-electron chi connectivity index (χ2n) is 19.9. The number of amides is 3. The molecule has 0 radical (unpaired) electrons. The first-order chi connectivity index (χ1) is 29.6. The summed E-state index contributed by atoms with van der Waals surface area (Å²) in [7, 11) is 5.22. The Morgan fingerprint density at radius 1 is 0.984 bits per heavy atom. The van der Waals surface area contributed by atoms with Crippen LogP contribution in [-0.4, -0.2) is 168 Å². The number of carbonyl (C=O) groups is 3. The van der Waals surface area contributed by atoms with Crippen molar-refractivity contribution in [2.45, 2.75) is 185 Å². The van der Waals surface area contributed by atoms with E-state index in [-0.39, 0.29) is 55.2 Å². The predicted octanol–water partition coefficient (Wildman–Crippen LogP) is 3.50. The number of nitrogens with one attached hydrogen (secondary N) is 1. The van der Waals surface area contributed by atoms with Gasteiger partial charge in [0.25, 0.3) is 6.02 Å². The van der Waals surface area contributed by atoms with Crippen LogP contribution in [0.3, 0.4) is 0 Å². The molecule has 5 aliphatic heterocycles. The number of methoxy groups -OCH3 is 1. The molecule has 3 amide bonds. The van der Waals surface area contributed by atoms with Gasteiger partial charge in [0.2, 0.25) is 17.7 Å². The van der Waals surface area contributed by atoms with E-state index in [1.807, 2.05) is 76.9 Å². The van der Waals surface area contributed by atoms with E-state index in [1.54, 1.807) is 44.5 Å². The second-order valence-corrected chi connectivity index (χ2v) is 19.9. The standard InChI is InChI=1S/C47H75N5O11/c1-26(2)48-45-51(11)35-21-28(4)59-44(38(35)62-45)63-40-29(5)37(61-36-24-47(9,58-12)39(53)31(7)60-36)30(6)41(54)49-33(22-32-17-14-13-15-18-32)42(55)52-20-16-19-34(52)43(56)50(10)25-27(3)23-46(40,8)57/h13-15,17-18,26-31,33-40,44,53,57H,16,19-25H2,1-12H3,(H,49,54)/b48-45+/t27-,28-,29+,30-,31+,33+,34+,35+,36+,37+,38-,39+,40-,44+,46-,47-/m1/s1. The Bertz CT molecular complexity index is 1770. The van der Waals surface area contributed by atoms with E-state index < -0.39 is 84.1 Å². The molecule has 16 heteroatoms. The molecule has 0 aliphatic carbocycles. The topological polar surface area (TPSA) is 181 Å². The zero-order chi connectivity index (χ0) is 46.1. The highest BCUT2D eigenvalue weighted by molar-refractivity contribution is 5.93. The molecule has 0 spiro atoms. The predicted molar refractivity (Wildman–Crippen MR) is 235 cm³/mol. The zero-order valence-corrected chi connectivity index (χ0v) is 39.6. The SMILES string of the molecule is CO[C@]1(C)C[C@H](O[C@H]2[C@H](C)[C@@H](O[C@@H]3O[C@H](C)C[C@H]4[C@H]3O/C(=N/C(C)C)N4C)[C@](C)(O)C[C@@H](C)CN(C)C(=O)[C@@H]3CCCN3C(=O)[C@H](Cc3ccccc3)NC(=O)[C@@H]2C)O[C@@H](C)[C@@H]1O. The van der Waals surface area contributed by atoms with Crippen LogP contribution in [0, 0.1) is 17.8 Å². The van der Waals surface area contributed by atoms with E-state index in [4.69, 9.17) is 33.4 Å². The molecule has 354 valence electrons. The average molecular weight is 886 g/mol. The lowest BCUT2D eigenvalue weighted by Crippen LogP contribution is -2.61. The molecule has 5 fully saturated rings. The van der Waals surface area contributed by atoms with Crippen molar-refractivity contribution in [1.82, 2.24) is 20.0 Å². The van der Waals surface area contributed by atoms with Crippen molar-refractivity contribution < 1.29 is 53.0 Å². The monoisotopic (exact) mass is 886 g/mol. The maximum absolute atomic E-state index is 14.9. The number of fused-ring (bicyclic) bond motifs is 2. The van der Waals surface area contributed by atoms with Crippen molar-refractivity contribution >= 4 is 23.7 Å². The summed E-state index contributed by atoms with van der Waals surface area (Å²) in [5.74, 6) is -2.89. The first-order valence-corrected chi connectivity index (χ1v) is 23.1. The van der Waals surface area contributed by atoms with Gasteiger partial charge in [-0.25, -0.2) is 4.99 Å². The van der Waals surface area contributed by atoms with E-state index in [0.717, 1.165) is 5.56 Å². The Morgan fingerprint density at radius 3 is 2.35 bits per heavy atom. The summed E-state index contributed by atoms with van der Waals surface area (Å²) in [4.78, 5) is 53.8. The summed E-state index contributed by atoms with van der Waals surface area (Å²) in [5.41, 5.74) is -1.77. The summed E-state index contributed by atoms with van der Waals surface area (Å²) < 4.78 is 39.2. The molecular formula is C47H75N5O11. The van der Waals surface area contributed by atoms with Gasteiger partial charge in [-0.1, -0.05) is 51.1 Å². The largest absolute Gasteiger partial charge is 0.454 e. The van der Waals surface area contributed by atoms with Gasteiger partial charge < -0.3 is 58.7 Å². The molecule has 0 aromatic heterocycles. The number of hydrogen-bond acceptors (Lipinski definition) is 12. The Balaban J connectivity index is 1.43. The van der Waals surface area contributed by atoms with Gasteiger partial charge in [-0.05, 0) is 78.7 Å². The molecule has 6 rings (SSSR count). The summed E-state index contributed by atoms with van der Waals surface area (Å²) in [6, 6.07) is 8.15. The minimum atomic E-state index is -1.58. The summed E-state index contributed by atoms with van der Waals surface area (Å²) in [6.45, 7) is 17.5. The van der Waals surface area contributed by atoms with Crippen LogP contribution in [0.4, 0.5) is 0 Å². The number of aliphatic hydroxyl groups excluding tert-OH is 1. The number of hydrogen-bond donors (Lipinski definition) is 3. The van der Waals surface area contributed by atoms with Crippen molar-refractivity contribution in [3.8, 4) is 0 Å². The number of nitrogens with zero attached hydrogens (tertiary/aromatic N) is 4. The highest BCUT2D eigenvalue weighted by Crippen LogP contribution is 2.41. The van der Waals surface area contributed by atoms with Gasteiger partial charge in [-0.15, -0.1) is 0 Å². The van der Waals surface area contributed by atoms with E-state index in [0.29, 0.717) is 38.4 Å². The lowest BCUT2D eigenvalue weighted by atomic mass is 9.77. The Labute approximate surface area is 374 Å². The zero-order valence-electron chi connectivity index (χ0n) is 39.6. The van der Waals surface area contributed by atoms with E-state index in [2.05, 4.69) is 5.32 Å². The van der Waals surface area contributed by atoms with Crippen molar-refractivity contribution in [3.05, 3.63) is 35.9 Å². The van der Waals surface area contributed by atoms with Crippen LogP contribution in [-0.2, 0) is 49.2 Å². The minimum absolute atomic E-state index is 0.0173. The summed E-state index contributed by atoms with van der Waals surface area (Å²) in [5, 5.41) is 27.1. The van der Waals surface area contributed by atoms with Gasteiger partial charge in [0.1, 0.15) is 18.2 Å². The second kappa shape index (κ2) is 20.0. The molecule has 3 N–H and O–H groups in total. The number of benzene rings is 1. The third-order valence-corrected chi connectivity index (χ3v) is 14.0. The fourth-order valence-electron chi connectivity index (χ4n) is 10.6. The van der Waals surface area contributed by atoms with Gasteiger partial charge >= 0.3 is 0 Å². The lowest BCUT2D eigenvalue weighted by molar-refractivity contribution is -0.313. The van der Waals surface area contributed by atoms with Gasteiger partial charge in [0.15, 0.2) is 18.7 Å². The molecule has 5 aliphatic rings. The molecular weight excluding hydrogens is 811 g/mol. The number of ether oxygens (including phenoxy) is 6. The average Bonchev–Trinajstić information content (AvgIpc) is 3.83. The van der Waals surface area contributed by atoms with Crippen LogP contribution >= 0.6 is 0 Å². The number of rotatable bonds is 8. The Morgan fingerprint density at radius 2 is 1.68 bits per heavy atom. The Kier molecular flexibility index (Phi) is 15.6. The van der Waals surface area contributed by atoms with Crippen molar-refractivity contribution in [2.24, 2.45) is 22.7 Å². The molecule has 16 nitrogen and oxygen atoms in total. The smallest absolute Gasteiger partial charge is 0.288 e. The summed E-state index contributed by atoms with van der Waals surface area (Å²) in [6.07, 6.45) is -4.00. The molecule has 1 aromatic carbocycles. The minimum Gasteiger partial charge on any atom is -0.454 e. The van der Waals surface area contributed by atoms with Crippen molar-refractivity contribution in [1.29, 1.82) is 0 Å². The molecule has 16 atom stereocenters. The fourth-order valence-corrected chi connectivity index (χ4v) is 10.6. The molecule has 0 saturated carbocycles. The number of aliphatic imine (C=N–C) groups is 1. The van der Waals surface area contributed by atoms with Crippen molar-refractivity contribution in [3.63, 3.8) is 0 Å². The first-order valence-electron chi connectivity index (χ1n) is 23.1. The van der Waals surface area contributed by atoms with E-state index >= 15 is 0 Å². The molecule has 0 unspecified atom stereocenters. The molecule has 5 saturated heterocycles. The molecule has 5 heterocycles. The van der Waals surface area contributed by atoms with Gasteiger partial charge in [-0.3, -0.25) is 14.4 Å². The van der Waals surface area contributed by atoms with Crippen LogP contribution < -0.4 is 5.32 Å². The normalized spacial score (nSPS) is 41.7. The number of aliphatic hydroxyl groups is 2. The van der Waals surface area contributed by atoms with Crippen LogP contribution in [0.15, 0.2) is 35.3 Å². The van der Waals surface area contributed by atoms with E-state index in [1.165, 1.54) is 7.11 Å². The fraction of sp³-hybridized carbons (Fsp3) is 0.787. The third-order valence-electron chi connectivity index (χ3n) is 14.0. The van der Waals surface area contributed by atoms with E-state index in [9.17, 15) is 24.6 Å². The maximum atomic E-state index is 14.9. The van der Waals surface area contributed by atoms with Crippen LogP contribution in [0.1, 0.15) is 100.0 Å². The number of amidine groups is 1. The van der Waals surface area contributed by atoms with Gasteiger partial charge in [-0.2, -0.15) is 0 Å². The number of carbonyl (C=O) groups excluding carboxylic acids is 3. The highest BCUT2D eigenvalue weighted by atomic mass is 16.7. The maximum Gasteiger partial charge on any atom is 0.288 e. The molecule has 0 bridgehead atoms. The van der Waals surface area contributed by atoms with Crippen LogP contribution in [0.5, 0.6) is 0 Å². The number of likely N-dealkylation sites (N-methyl/N-ethyl adjacent to an activating group) is 2. The summed E-state index contributed by atoms with van der Waals surface area (Å²) >= 11 is 0. The van der Waals surface area contributed by atoms with Crippen LogP contribution in [0.2, 0.25) is 0 Å². The molecule has 63 heavy (non-hydrogen) atoms. The Hall–Kier alpha value is -3.38. The molecule has 1 aromatic rings. The van der Waals surface area contributed by atoms with Gasteiger partial charge in [0, 0.05) is 59.1 Å². The third kappa shape index (κ3) is 10.8. The first kappa shape index (κ1) is 49.1. The quantitative estimate of drug-likeness (QED) is 0.347. The van der Waals surface area contributed by atoms with Crippen molar-refractivity contribution in [2.75, 3.05) is 34.3 Å². The van der Waals surface area contributed by atoms with Crippen LogP contribution in [0.25, 0.3) is 0 Å².